The van der Waals surface area contributed by atoms with E-state index < -0.39 is 8.32 Å². The maximum absolute atomic E-state index is 11.5. The fraction of sp³-hybridized carbons (Fsp3) is 0.545. The van der Waals surface area contributed by atoms with Gasteiger partial charge in [-0.1, -0.05) is 13.8 Å². The van der Waals surface area contributed by atoms with E-state index in [1.807, 2.05) is 13.8 Å². The van der Waals surface area contributed by atoms with E-state index in [1.54, 1.807) is 12.3 Å². The molecule has 1 heterocycles. The van der Waals surface area contributed by atoms with Crippen LogP contribution >= 0.6 is 0 Å². The number of hydrogen-bond acceptors (Lipinski definition) is 4. The molecule has 6 heteroatoms. The van der Waals surface area contributed by atoms with Gasteiger partial charge in [0.15, 0.2) is 0 Å². The molecule has 0 unspecified atom stereocenters. The second-order valence-corrected chi connectivity index (χ2v) is 9.51. The maximum atomic E-state index is 11.5. The highest BCUT2D eigenvalue weighted by molar-refractivity contribution is 6.70. The molecule has 17 heavy (non-hydrogen) atoms. The average molecular weight is 253 g/mol. The molecule has 0 atom stereocenters. The molecule has 1 aromatic heterocycles. The minimum absolute atomic E-state index is 0.0670. The van der Waals surface area contributed by atoms with Crippen molar-refractivity contribution in [2.24, 2.45) is 5.92 Å². The molecule has 0 fully saturated rings. The molecule has 0 saturated carbocycles. The molecule has 0 spiro atoms. The highest BCUT2D eigenvalue weighted by Crippen LogP contribution is 2.13. The van der Waals surface area contributed by atoms with Gasteiger partial charge in [-0.3, -0.25) is 4.79 Å². The number of nitrogens with zero attached hydrogens (tertiary/aromatic N) is 2. The monoisotopic (exact) mass is 253 g/mol. The van der Waals surface area contributed by atoms with E-state index in [0.29, 0.717) is 11.8 Å². The Balaban J connectivity index is 2.76. The van der Waals surface area contributed by atoms with Crippen LogP contribution in [0.25, 0.3) is 0 Å². The van der Waals surface area contributed by atoms with Gasteiger partial charge in [-0.25, -0.2) is 4.98 Å². The molecule has 1 rings (SSSR count). The van der Waals surface area contributed by atoms with Crippen molar-refractivity contribution in [3.63, 3.8) is 0 Å². The number of rotatable bonds is 4. The molecule has 1 N–H and O–H groups in total. The first-order valence-corrected chi connectivity index (χ1v) is 9.02. The first kappa shape index (κ1) is 13.6. The summed E-state index contributed by atoms with van der Waals surface area (Å²) in [6.07, 6.45) is 1.58. The van der Waals surface area contributed by atoms with E-state index >= 15 is 0 Å². The van der Waals surface area contributed by atoms with Gasteiger partial charge in [-0.05, 0) is 25.7 Å². The van der Waals surface area contributed by atoms with Crippen LogP contribution in [0.3, 0.4) is 0 Å². The van der Waals surface area contributed by atoms with Crippen molar-refractivity contribution in [3.05, 3.63) is 12.3 Å². The van der Waals surface area contributed by atoms with Crippen molar-refractivity contribution < 1.29 is 9.22 Å². The Morgan fingerprint density at radius 3 is 2.59 bits per heavy atom. The standard InChI is InChI=1S/C11H19N3O2Si/c1-8(2)10(15)13-9-6-7-12-11(14-9)16-17(3,4)5/h6-8H,1-5H3,(H,12,13,14,15). The molecule has 0 bridgehead atoms. The average Bonchev–Trinajstić information content (AvgIpc) is 2.15. The Bertz CT molecular complexity index is 402. The summed E-state index contributed by atoms with van der Waals surface area (Å²) < 4.78 is 5.65. The van der Waals surface area contributed by atoms with E-state index in [-0.39, 0.29) is 11.8 Å². The highest BCUT2D eigenvalue weighted by Gasteiger charge is 2.18. The van der Waals surface area contributed by atoms with Gasteiger partial charge >= 0.3 is 6.01 Å². The van der Waals surface area contributed by atoms with Crippen LogP contribution < -0.4 is 9.74 Å². The zero-order chi connectivity index (χ0) is 13.1. The number of carbonyl (C=O) groups is 1. The van der Waals surface area contributed by atoms with E-state index in [4.69, 9.17) is 4.43 Å². The zero-order valence-electron chi connectivity index (χ0n) is 10.9. The number of carbonyl (C=O) groups excluding carboxylic acids is 1. The molecule has 0 aliphatic carbocycles. The molecule has 1 amide bonds. The van der Waals surface area contributed by atoms with Gasteiger partial charge < -0.3 is 9.74 Å². The predicted molar refractivity (Wildman–Crippen MR) is 69.5 cm³/mol. The summed E-state index contributed by atoms with van der Waals surface area (Å²) in [5, 5.41) is 2.71. The largest absolute Gasteiger partial charge is 0.518 e. The molecule has 0 aliphatic heterocycles. The fourth-order valence-corrected chi connectivity index (χ4v) is 1.65. The van der Waals surface area contributed by atoms with Gasteiger partial charge in [0.2, 0.25) is 14.2 Å². The van der Waals surface area contributed by atoms with Crippen LogP contribution in [0.5, 0.6) is 6.01 Å². The molecule has 94 valence electrons. The summed E-state index contributed by atoms with van der Waals surface area (Å²) in [5.74, 6) is 0.334. The van der Waals surface area contributed by atoms with Crippen LogP contribution in [0, 0.1) is 5.92 Å². The van der Waals surface area contributed by atoms with Crippen molar-refractivity contribution >= 4 is 20.0 Å². The third-order valence-corrected chi connectivity index (χ3v) is 2.60. The first-order chi connectivity index (χ1) is 7.78. The number of hydrogen-bond donors (Lipinski definition) is 1. The van der Waals surface area contributed by atoms with Crippen molar-refractivity contribution in [2.75, 3.05) is 5.32 Å². The third kappa shape index (κ3) is 4.95. The van der Waals surface area contributed by atoms with Crippen LogP contribution in [-0.2, 0) is 4.79 Å². The minimum Gasteiger partial charge on any atom is -0.518 e. The number of aromatic nitrogens is 2. The van der Waals surface area contributed by atoms with E-state index in [9.17, 15) is 4.79 Å². The van der Waals surface area contributed by atoms with Crippen molar-refractivity contribution in [1.82, 2.24) is 9.97 Å². The van der Waals surface area contributed by atoms with Crippen molar-refractivity contribution in [2.45, 2.75) is 33.5 Å². The Hall–Kier alpha value is -1.43. The maximum Gasteiger partial charge on any atom is 0.304 e. The molecule has 0 aliphatic rings. The Morgan fingerprint density at radius 2 is 2.06 bits per heavy atom. The van der Waals surface area contributed by atoms with Gasteiger partial charge in [0.05, 0.1) is 0 Å². The number of amides is 1. The SMILES string of the molecule is CC(C)C(=O)Nc1ccnc(O[Si](C)(C)C)n1. The van der Waals surface area contributed by atoms with E-state index in [2.05, 4.69) is 34.9 Å². The molecular formula is C11H19N3O2Si. The molecule has 0 radical (unpaired) electrons. The topological polar surface area (TPSA) is 64.1 Å². The Labute approximate surface area is 103 Å². The summed E-state index contributed by atoms with van der Waals surface area (Å²) in [7, 11) is -1.72. The van der Waals surface area contributed by atoms with Crippen LogP contribution in [0.4, 0.5) is 5.82 Å². The number of nitrogens with one attached hydrogen (secondary N) is 1. The van der Waals surface area contributed by atoms with Gasteiger partial charge in [0.25, 0.3) is 0 Å². The van der Waals surface area contributed by atoms with Crippen LogP contribution in [0.2, 0.25) is 19.6 Å². The third-order valence-electron chi connectivity index (χ3n) is 1.81. The Kier molecular flexibility index (Phi) is 4.22. The summed E-state index contributed by atoms with van der Waals surface area (Å²) in [4.78, 5) is 19.7. The van der Waals surface area contributed by atoms with Crippen LogP contribution in [0.1, 0.15) is 13.8 Å². The second kappa shape index (κ2) is 5.26. The molecule has 5 nitrogen and oxygen atoms in total. The summed E-state index contributed by atoms with van der Waals surface area (Å²) in [6, 6.07) is 1.97. The van der Waals surface area contributed by atoms with E-state index in [1.165, 1.54) is 0 Å². The normalized spacial score (nSPS) is 11.4. The molecule has 0 aromatic carbocycles. The van der Waals surface area contributed by atoms with Crippen LogP contribution in [0.15, 0.2) is 12.3 Å². The van der Waals surface area contributed by atoms with Gasteiger partial charge in [-0.15, -0.1) is 0 Å². The van der Waals surface area contributed by atoms with Crippen molar-refractivity contribution in [3.8, 4) is 6.01 Å². The summed E-state index contributed by atoms with van der Waals surface area (Å²) in [5.41, 5.74) is 0. The molecule has 0 saturated heterocycles. The molecular weight excluding hydrogens is 234 g/mol. The summed E-state index contributed by atoms with van der Waals surface area (Å²) in [6.45, 7) is 9.81. The quantitative estimate of drug-likeness (QED) is 0.836. The zero-order valence-corrected chi connectivity index (χ0v) is 11.9. The van der Waals surface area contributed by atoms with Gasteiger partial charge in [-0.2, -0.15) is 4.98 Å². The summed E-state index contributed by atoms with van der Waals surface area (Å²) >= 11 is 0. The van der Waals surface area contributed by atoms with Crippen LogP contribution in [-0.4, -0.2) is 24.2 Å². The Morgan fingerprint density at radius 1 is 1.41 bits per heavy atom. The predicted octanol–water partition coefficient (Wildman–Crippen LogP) is 2.28. The first-order valence-electron chi connectivity index (χ1n) is 5.61. The minimum atomic E-state index is -1.72. The lowest BCUT2D eigenvalue weighted by Crippen LogP contribution is -2.30. The highest BCUT2D eigenvalue weighted by atomic mass is 28.4. The fourth-order valence-electron chi connectivity index (χ4n) is 1.00. The van der Waals surface area contributed by atoms with Gasteiger partial charge in [0, 0.05) is 12.1 Å². The smallest absolute Gasteiger partial charge is 0.304 e. The molecule has 1 aromatic rings. The lowest BCUT2D eigenvalue weighted by atomic mass is 10.2. The van der Waals surface area contributed by atoms with Gasteiger partial charge in [0.1, 0.15) is 5.82 Å². The van der Waals surface area contributed by atoms with Crippen molar-refractivity contribution in [1.29, 1.82) is 0 Å². The van der Waals surface area contributed by atoms with E-state index in [0.717, 1.165) is 0 Å². The lowest BCUT2D eigenvalue weighted by molar-refractivity contribution is -0.118. The lowest BCUT2D eigenvalue weighted by Gasteiger charge is -2.17. The number of anilines is 1. The second-order valence-electron chi connectivity index (χ2n) is 5.08.